The number of aryl methyl sites for hydroxylation is 2. The summed E-state index contributed by atoms with van der Waals surface area (Å²) < 4.78 is 0. The topological polar surface area (TPSA) is 0 Å². The van der Waals surface area contributed by atoms with Gasteiger partial charge in [0, 0.05) is 5.38 Å². The van der Waals surface area contributed by atoms with Gasteiger partial charge in [-0.05, 0) is 61.1 Å². The molecule has 1 heteroatoms. The lowest BCUT2D eigenvalue weighted by atomic mass is 9.81. The Morgan fingerprint density at radius 3 is 2.65 bits per heavy atom. The normalized spacial score (nSPS) is 16.9. The van der Waals surface area contributed by atoms with Gasteiger partial charge in [0.05, 0.1) is 0 Å². The first-order valence-electron chi connectivity index (χ1n) is 6.71. The molecule has 17 heavy (non-hydrogen) atoms. The minimum absolute atomic E-state index is 0.263. The molecule has 0 saturated heterocycles. The van der Waals surface area contributed by atoms with Crippen molar-refractivity contribution in [1.29, 1.82) is 0 Å². The Bertz CT molecular complexity index is 391. The lowest BCUT2D eigenvalue weighted by Crippen LogP contribution is -2.19. The van der Waals surface area contributed by atoms with E-state index in [-0.39, 0.29) is 5.38 Å². The van der Waals surface area contributed by atoms with Gasteiger partial charge in [-0.25, -0.2) is 0 Å². The van der Waals surface area contributed by atoms with Gasteiger partial charge in [0.2, 0.25) is 0 Å². The molecule has 0 bridgehead atoms. The summed E-state index contributed by atoms with van der Waals surface area (Å²) >= 11 is 6.12. The quantitative estimate of drug-likeness (QED) is 0.676. The average Bonchev–Trinajstić information content (AvgIpc) is 2.61. The van der Waals surface area contributed by atoms with E-state index in [0.29, 0.717) is 5.41 Å². The molecule has 0 fully saturated rings. The van der Waals surface area contributed by atoms with E-state index in [4.69, 9.17) is 11.6 Å². The van der Waals surface area contributed by atoms with Gasteiger partial charge in [-0.2, -0.15) is 0 Å². The second-order valence-corrected chi connectivity index (χ2v) is 7.03. The van der Waals surface area contributed by atoms with E-state index in [1.165, 1.54) is 24.8 Å². The molecule has 1 aromatic rings. The van der Waals surface area contributed by atoms with Crippen LogP contribution < -0.4 is 0 Å². The van der Waals surface area contributed by atoms with Crippen molar-refractivity contribution in [2.24, 2.45) is 5.41 Å². The van der Waals surface area contributed by atoms with Crippen LogP contribution >= 0.6 is 11.6 Å². The summed E-state index contributed by atoms with van der Waals surface area (Å²) in [7, 11) is 0. The van der Waals surface area contributed by atoms with Crippen molar-refractivity contribution in [2.75, 3.05) is 0 Å². The molecule has 1 aromatic carbocycles. The Morgan fingerprint density at radius 2 is 1.94 bits per heavy atom. The fourth-order valence-corrected chi connectivity index (χ4v) is 3.54. The summed E-state index contributed by atoms with van der Waals surface area (Å²) in [5.41, 5.74) is 4.93. The largest absolute Gasteiger partial charge is 0.123 e. The molecule has 1 aliphatic rings. The van der Waals surface area contributed by atoms with E-state index in [2.05, 4.69) is 39.0 Å². The van der Waals surface area contributed by atoms with Crippen molar-refractivity contribution in [3.05, 3.63) is 34.9 Å². The lowest BCUT2D eigenvalue weighted by molar-refractivity contribution is 0.331. The summed E-state index contributed by atoms with van der Waals surface area (Å²) in [4.78, 5) is 0. The predicted octanol–water partition coefficient (Wildman–Crippen LogP) is 4.76. The molecule has 0 amide bonds. The van der Waals surface area contributed by atoms with Crippen molar-refractivity contribution in [3.8, 4) is 0 Å². The number of alkyl halides is 1. The van der Waals surface area contributed by atoms with Crippen LogP contribution in [0.3, 0.4) is 0 Å². The molecule has 0 spiro atoms. The first-order valence-corrected chi connectivity index (χ1v) is 7.15. The second kappa shape index (κ2) is 5.02. The second-order valence-electron chi connectivity index (χ2n) is 6.28. The Kier molecular flexibility index (Phi) is 3.82. The van der Waals surface area contributed by atoms with Crippen LogP contribution in [0.25, 0.3) is 0 Å². The average molecular weight is 251 g/mol. The highest BCUT2D eigenvalue weighted by atomic mass is 35.5. The number of hydrogen-bond donors (Lipinski definition) is 0. The van der Waals surface area contributed by atoms with Gasteiger partial charge in [-0.3, -0.25) is 0 Å². The van der Waals surface area contributed by atoms with Crippen molar-refractivity contribution < 1.29 is 0 Å². The zero-order valence-electron chi connectivity index (χ0n) is 11.2. The first kappa shape index (κ1) is 13.0. The molecule has 0 saturated carbocycles. The van der Waals surface area contributed by atoms with Crippen LogP contribution in [-0.4, -0.2) is 5.38 Å². The van der Waals surface area contributed by atoms with Crippen LogP contribution in [0.1, 0.15) is 50.3 Å². The van der Waals surface area contributed by atoms with E-state index in [9.17, 15) is 0 Å². The highest BCUT2D eigenvalue weighted by molar-refractivity contribution is 6.20. The third kappa shape index (κ3) is 3.48. The molecule has 0 nitrogen and oxygen atoms in total. The van der Waals surface area contributed by atoms with Crippen LogP contribution in [0.15, 0.2) is 18.2 Å². The third-order valence-corrected chi connectivity index (χ3v) is 3.83. The minimum atomic E-state index is 0.263. The first-order chi connectivity index (χ1) is 7.96. The number of benzene rings is 1. The summed E-state index contributed by atoms with van der Waals surface area (Å²) in [5.74, 6) is 0. The molecule has 0 heterocycles. The zero-order chi connectivity index (χ0) is 12.5. The Hall–Kier alpha value is -0.490. The van der Waals surface area contributed by atoms with Crippen molar-refractivity contribution >= 4 is 11.6 Å². The van der Waals surface area contributed by atoms with Crippen molar-refractivity contribution in [3.63, 3.8) is 0 Å². The van der Waals surface area contributed by atoms with E-state index in [1.54, 1.807) is 11.1 Å². The Labute approximate surface area is 110 Å². The van der Waals surface area contributed by atoms with E-state index < -0.39 is 0 Å². The molecular weight excluding hydrogens is 228 g/mol. The maximum atomic E-state index is 6.12. The summed E-state index contributed by atoms with van der Waals surface area (Å²) in [6.45, 7) is 6.73. The third-order valence-electron chi connectivity index (χ3n) is 3.68. The molecule has 94 valence electrons. The van der Waals surface area contributed by atoms with Crippen molar-refractivity contribution in [2.45, 2.75) is 58.3 Å². The van der Waals surface area contributed by atoms with Gasteiger partial charge in [-0.15, -0.1) is 11.6 Å². The fourth-order valence-electron chi connectivity index (χ4n) is 3.12. The van der Waals surface area contributed by atoms with Gasteiger partial charge in [0.15, 0.2) is 0 Å². The summed E-state index contributed by atoms with van der Waals surface area (Å²) in [5, 5.41) is 0.263. The molecule has 1 atom stereocenters. The Morgan fingerprint density at radius 1 is 1.24 bits per heavy atom. The highest BCUT2D eigenvalue weighted by Crippen LogP contribution is 2.31. The standard InChI is InChI=1S/C16H23Cl/c1-12(17)10-16(2,3)11-13-7-8-14-5-4-6-15(14)9-13/h7-9,12H,4-6,10-11H2,1-3H3. The smallest absolute Gasteiger partial charge is 0.0313 e. The van der Waals surface area contributed by atoms with Crippen LogP contribution in [0.4, 0.5) is 0 Å². The van der Waals surface area contributed by atoms with Crippen LogP contribution in [0.2, 0.25) is 0 Å². The summed E-state index contributed by atoms with van der Waals surface area (Å²) in [6.07, 6.45) is 6.09. The predicted molar refractivity (Wildman–Crippen MR) is 75.9 cm³/mol. The van der Waals surface area contributed by atoms with Crippen molar-refractivity contribution in [1.82, 2.24) is 0 Å². The molecular formula is C16H23Cl. The monoisotopic (exact) mass is 250 g/mol. The van der Waals surface area contributed by atoms with Gasteiger partial charge in [0.25, 0.3) is 0 Å². The van der Waals surface area contributed by atoms with E-state index in [0.717, 1.165) is 12.8 Å². The SMILES string of the molecule is CC(Cl)CC(C)(C)Cc1ccc2c(c1)CCC2. The molecule has 0 aliphatic heterocycles. The fraction of sp³-hybridized carbons (Fsp3) is 0.625. The van der Waals surface area contributed by atoms with Gasteiger partial charge in [0.1, 0.15) is 0 Å². The molecule has 0 N–H and O–H groups in total. The van der Waals surface area contributed by atoms with Crippen LogP contribution in [0, 0.1) is 5.41 Å². The molecule has 0 aromatic heterocycles. The number of halogens is 1. The van der Waals surface area contributed by atoms with Gasteiger partial charge < -0.3 is 0 Å². The van der Waals surface area contributed by atoms with Crippen LogP contribution in [0.5, 0.6) is 0 Å². The highest BCUT2D eigenvalue weighted by Gasteiger charge is 2.21. The van der Waals surface area contributed by atoms with E-state index >= 15 is 0 Å². The van der Waals surface area contributed by atoms with Gasteiger partial charge >= 0.3 is 0 Å². The number of rotatable bonds is 4. The summed E-state index contributed by atoms with van der Waals surface area (Å²) in [6, 6.07) is 7.06. The Balaban J connectivity index is 2.08. The lowest BCUT2D eigenvalue weighted by Gasteiger charge is -2.26. The zero-order valence-corrected chi connectivity index (χ0v) is 12.0. The minimum Gasteiger partial charge on any atom is -0.123 e. The molecule has 1 aliphatic carbocycles. The van der Waals surface area contributed by atoms with Gasteiger partial charge in [-0.1, -0.05) is 32.0 Å². The number of hydrogen-bond acceptors (Lipinski definition) is 0. The molecule has 2 rings (SSSR count). The molecule has 1 unspecified atom stereocenters. The number of fused-ring (bicyclic) bond motifs is 1. The van der Waals surface area contributed by atoms with Crippen LogP contribution in [-0.2, 0) is 19.3 Å². The molecule has 0 radical (unpaired) electrons. The maximum Gasteiger partial charge on any atom is 0.0313 e. The van der Waals surface area contributed by atoms with E-state index in [1.807, 2.05) is 0 Å². The maximum absolute atomic E-state index is 6.12.